The van der Waals surface area contributed by atoms with E-state index in [1.54, 1.807) is 31.5 Å². The van der Waals surface area contributed by atoms with E-state index in [1.165, 1.54) is 6.20 Å². The standard InChI is InChI=1S/C30H33FN6O3/c1-39-24-16-23(17-25(18-24)40-14-10-32)28(38)6-5-20-8-12-37(13-9-20)30-26(31)19-33-29(35-30)22-4-2-3-21(15-22)27-7-11-34-36-27/h2-4,7,11,15-20H,5-6,8-10,12-14,32H2,1H3,(H,34,36). The monoisotopic (exact) mass is 544 g/mol. The molecule has 0 spiro atoms. The number of nitrogens with zero attached hydrogens (tertiary/aromatic N) is 4. The van der Waals surface area contributed by atoms with Crippen molar-refractivity contribution in [2.75, 3.05) is 38.3 Å². The molecular weight excluding hydrogens is 511 g/mol. The van der Waals surface area contributed by atoms with Gasteiger partial charge in [-0.2, -0.15) is 5.10 Å². The highest BCUT2D eigenvalue weighted by molar-refractivity contribution is 5.96. The number of halogens is 1. The number of piperidine rings is 1. The summed E-state index contributed by atoms with van der Waals surface area (Å²) >= 11 is 0. The van der Waals surface area contributed by atoms with Crippen LogP contribution in [0.5, 0.6) is 11.5 Å². The van der Waals surface area contributed by atoms with Crippen LogP contribution in [0.2, 0.25) is 0 Å². The number of ketones is 1. The van der Waals surface area contributed by atoms with E-state index in [2.05, 4.69) is 20.2 Å². The highest BCUT2D eigenvalue weighted by Gasteiger charge is 2.24. The molecule has 0 bridgehead atoms. The molecule has 10 heteroatoms. The molecule has 0 saturated carbocycles. The molecule has 4 aromatic rings. The van der Waals surface area contributed by atoms with Gasteiger partial charge >= 0.3 is 0 Å². The molecule has 0 radical (unpaired) electrons. The van der Waals surface area contributed by atoms with Crippen molar-refractivity contribution in [2.45, 2.75) is 25.7 Å². The third kappa shape index (κ3) is 6.45. The summed E-state index contributed by atoms with van der Waals surface area (Å²) in [6.07, 6.45) is 5.83. The number of anilines is 1. The third-order valence-corrected chi connectivity index (χ3v) is 7.18. The summed E-state index contributed by atoms with van der Waals surface area (Å²) in [6.45, 7) is 2.08. The summed E-state index contributed by atoms with van der Waals surface area (Å²) < 4.78 is 25.8. The second-order valence-corrected chi connectivity index (χ2v) is 9.84. The number of aromatic nitrogens is 4. The summed E-state index contributed by atoms with van der Waals surface area (Å²) in [4.78, 5) is 23.8. The molecule has 0 aliphatic carbocycles. The van der Waals surface area contributed by atoms with Gasteiger partial charge in [0, 0.05) is 55.0 Å². The molecule has 1 aliphatic heterocycles. The molecule has 9 nitrogen and oxygen atoms in total. The Morgan fingerprint density at radius 2 is 1.93 bits per heavy atom. The van der Waals surface area contributed by atoms with E-state index in [4.69, 9.17) is 15.2 Å². The lowest BCUT2D eigenvalue weighted by atomic mass is 9.90. The van der Waals surface area contributed by atoms with Crippen LogP contribution in [-0.4, -0.2) is 59.3 Å². The van der Waals surface area contributed by atoms with Crippen LogP contribution in [-0.2, 0) is 0 Å². The average molecular weight is 545 g/mol. The van der Waals surface area contributed by atoms with Gasteiger partial charge in [0.25, 0.3) is 0 Å². The van der Waals surface area contributed by atoms with E-state index < -0.39 is 5.82 Å². The normalized spacial score (nSPS) is 13.8. The SMILES string of the molecule is COc1cc(OCCN)cc(C(=O)CCC2CCN(c3nc(-c4cccc(-c5ccn[nH]5)c4)ncc3F)CC2)c1. The Labute approximate surface area is 232 Å². The molecule has 3 heterocycles. The topological polar surface area (TPSA) is 119 Å². The molecule has 5 rings (SSSR count). The summed E-state index contributed by atoms with van der Waals surface area (Å²) in [7, 11) is 1.56. The Bertz CT molecular complexity index is 1440. The van der Waals surface area contributed by atoms with E-state index in [0.717, 1.165) is 36.1 Å². The van der Waals surface area contributed by atoms with Crippen molar-refractivity contribution in [3.63, 3.8) is 0 Å². The largest absolute Gasteiger partial charge is 0.497 e. The number of benzene rings is 2. The molecule has 2 aromatic heterocycles. The van der Waals surface area contributed by atoms with Gasteiger partial charge in [0.1, 0.15) is 18.1 Å². The third-order valence-electron chi connectivity index (χ3n) is 7.18. The van der Waals surface area contributed by atoms with Gasteiger partial charge in [0.2, 0.25) is 0 Å². The van der Waals surface area contributed by atoms with Crippen LogP contribution in [0.4, 0.5) is 10.2 Å². The molecule has 0 unspecified atom stereocenters. The number of methoxy groups -OCH3 is 1. The maximum Gasteiger partial charge on any atom is 0.183 e. The quantitative estimate of drug-likeness (QED) is 0.256. The Hall–Kier alpha value is -4.31. The van der Waals surface area contributed by atoms with Gasteiger partial charge in [0.15, 0.2) is 23.2 Å². The number of hydrogen-bond donors (Lipinski definition) is 2. The number of rotatable bonds is 11. The van der Waals surface area contributed by atoms with E-state index in [-0.39, 0.29) is 5.78 Å². The highest BCUT2D eigenvalue weighted by Crippen LogP contribution is 2.30. The van der Waals surface area contributed by atoms with Gasteiger partial charge in [0.05, 0.1) is 19.0 Å². The lowest BCUT2D eigenvalue weighted by Crippen LogP contribution is -2.35. The zero-order valence-corrected chi connectivity index (χ0v) is 22.5. The average Bonchev–Trinajstić information content (AvgIpc) is 3.55. The van der Waals surface area contributed by atoms with Crippen LogP contribution < -0.4 is 20.1 Å². The molecule has 2 aromatic carbocycles. The van der Waals surface area contributed by atoms with Crippen LogP contribution in [0.25, 0.3) is 22.6 Å². The molecule has 208 valence electrons. The van der Waals surface area contributed by atoms with Crippen LogP contribution in [0.3, 0.4) is 0 Å². The van der Waals surface area contributed by atoms with Crippen LogP contribution in [0, 0.1) is 11.7 Å². The number of hydrogen-bond acceptors (Lipinski definition) is 8. The summed E-state index contributed by atoms with van der Waals surface area (Å²) in [5.74, 6) is 1.91. The van der Waals surface area contributed by atoms with Gasteiger partial charge in [-0.15, -0.1) is 0 Å². The first kappa shape index (κ1) is 27.3. The van der Waals surface area contributed by atoms with Crippen molar-refractivity contribution in [1.82, 2.24) is 20.2 Å². The zero-order valence-electron chi connectivity index (χ0n) is 22.5. The van der Waals surface area contributed by atoms with Crippen LogP contribution >= 0.6 is 0 Å². The number of ether oxygens (including phenoxy) is 2. The lowest BCUT2D eigenvalue weighted by molar-refractivity contribution is 0.0970. The maximum absolute atomic E-state index is 14.8. The predicted molar refractivity (Wildman–Crippen MR) is 151 cm³/mol. The minimum absolute atomic E-state index is 0.0442. The van der Waals surface area contributed by atoms with Crippen LogP contribution in [0.1, 0.15) is 36.0 Å². The number of nitrogens with two attached hydrogens (primary N) is 1. The summed E-state index contributed by atoms with van der Waals surface area (Å²) in [6, 6.07) is 14.9. The zero-order chi connectivity index (χ0) is 27.9. The number of Topliss-reactive ketones (excluding diaryl/α,β-unsaturated/α-hetero) is 1. The predicted octanol–water partition coefficient (Wildman–Crippen LogP) is 4.90. The molecule has 3 N–H and O–H groups in total. The first-order chi connectivity index (χ1) is 19.5. The van der Waals surface area contributed by atoms with Gasteiger partial charge < -0.3 is 20.1 Å². The molecule has 40 heavy (non-hydrogen) atoms. The van der Waals surface area contributed by atoms with E-state index in [9.17, 15) is 9.18 Å². The fourth-order valence-electron chi connectivity index (χ4n) is 4.99. The number of carbonyl (C=O) groups excluding carboxylic acids is 1. The summed E-state index contributed by atoms with van der Waals surface area (Å²) in [5.41, 5.74) is 8.73. The minimum atomic E-state index is -0.437. The molecule has 0 amide bonds. The lowest BCUT2D eigenvalue weighted by Gasteiger charge is -2.33. The molecule has 1 saturated heterocycles. The van der Waals surface area contributed by atoms with Gasteiger partial charge in [-0.05, 0) is 49.4 Å². The molecular formula is C30H33FN6O3. The van der Waals surface area contributed by atoms with Crippen molar-refractivity contribution < 1.29 is 18.7 Å². The first-order valence-corrected chi connectivity index (χ1v) is 13.5. The van der Waals surface area contributed by atoms with Crippen molar-refractivity contribution in [2.24, 2.45) is 11.7 Å². The Balaban J connectivity index is 1.20. The van der Waals surface area contributed by atoms with E-state index in [0.29, 0.717) is 67.3 Å². The minimum Gasteiger partial charge on any atom is -0.497 e. The van der Waals surface area contributed by atoms with Crippen molar-refractivity contribution in [3.8, 4) is 34.1 Å². The first-order valence-electron chi connectivity index (χ1n) is 13.5. The van der Waals surface area contributed by atoms with Crippen molar-refractivity contribution in [1.29, 1.82) is 0 Å². The number of H-pyrrole nitrogens is 1. The fraction of sp³-hybridized carbons (Fsp3) is 0.333. The van der Waals surface area contributed by atoms with Gasteiger partial charge in [-0.25, -0.2) is 14.4 Å². The van der Waals surface area contributed by atoms with Gasteiger partial charge in [-0.1, -0.05) is 18.2 Å². The Morgan fingerprint density at radius 3 is 2.67 bits per heavy atom. The summed E-state index contributed by atoms with van der Waals surface area (Å²) in [5, 5.41) is 6.96. The van der Waals surface area contributed by atoms with Crippen LogP contribution in [0.15, 0.2) is 60.9 Å². The van der Waals surface area contributed by atoms with Crippen molar-refractivity contribution in [3.05, 3.63) is 72.3 Å². The molecule has 1 aliphatic rings. The van der Waals surface area contributed by atoms with Gasteiger partial charge in [-0.3, -0.25) is 9.89 Å². The maximum atomic E-state index is 14.8. The second-order valence-electron chi connectivity index (χ2n) is 9.84. The van der Waals surface area contributed by atoms with Crippen molar-refractivity contribution >= 4 is 11.6 Å². The highest BCUT2D eigenvalue weighted by atomic mass is 19.1. The van der Waals surface area contributed by atoms with E-state index >= 15 is 0 Å². The number of nitrogens with one attached hydrogen (secondary N) is 1. The van der Waals surface area contributed by atoms with E-state index in [1.807, 2.05) is 35.2 Å². The Morgan fingerprint density at radius 1 is 1.12 bits per heavy atom. The number of aromatic amines is 1. The smallest absolute Gasteiger partial charge is 0.183 e. The Kier molecular flexibility index (Phi) is 8.65. The molecule has 0 atom stereocenters. The number of carbonyl (C=O) groups is 1. The second kappa shape index (κ2) is 12.7. The molecule has 1 fully saturated rings. The fourth-order valence-corrected chi connectivity index (χ4v) is 4.99.